The van der Waals surface area contributed by atoms with Gasteiger partial charge in [0, 0.05) is 0 Å². The topological polar surface area (TPSA) is 52.3 Å². The Labute approximate surface area is 58.3 Å². The fraction of sp³-hybridized carbons (Fsp3) is 0.400. The van der Waals surface area contributed by atoms with Gasteiger partial charge in [-0.2, -0.15) is 0 Å². The molecule has 0 saturated carbocycles. The van der Waals surface area contributed by atoms with Crippen LogP contribution < -0.4 is 0 Å². The van der Waals surface area contributed by atoms with E-state index in [1.54, 1.807) is 17.1 Å². The van der Waals surface area contributed by atoms with Crippen LogP contribution >= 0.6 is 0 Å². The fourth-order valence-electron chi connectivity index (χ4n) is 0.481. The third kappa shape index (κ3) is 1.85. The molecule has 53 valence electrons. The second-order valence-electron chi connectivity index (χ2n) is 1.55. The van der Waals surface area contributed by atoms with Gasteiger partial charge in [0.15, 0.2) is 0 Å². The molecular formula is C5H7N4O. The molecule has 0 N–H and O–H groups in total. The van der Waals surface area contributed by atoms with E-state index < -0.39 is 0 Å². The van der Waals surface area contributed by atoms with Gasteiger partial charge in [-0.1, -0.05) is 5.16 Å². The van der Waals surface area contributed by atoms with E-state index in [1.165, 1.54) is 7.11 Å². The molecule has 1 aromatic heterocycles. The number of hydrogen-bond acceptors (Lipinski definition) is 4. The largest absolute Gasteiger partial charge is 0.399 e. The van der Waals surface area contributed by atoms with Gasteiger partial charge in [-0.3, -0.25) is 0 Å². The number of rotatable bonds is 3. The minimum atomic E-state index is 0.584. The molecule has 0 bridgehead atoms. The molecule has 0 aliphatic heterocycles. The summed E-state index contributed by atoms with van der Waals surface area (Å²) < 4.78 is 1.66. The van der Waals surface area contributed by atoms with E-state index in [9.17, 15) is 0 Å². The van der Waals surface area contributed by atoms with E-state index in [-0.39, 0.29) is 0 Å². The van der Waals surface area contributed by atoms with E-state index in [0.717, 1.165) is 0 Å². The molecule has 0 saturated heterocycles. The van der Waals surface area contributed by atoms with Crippen LogP contribution in [-0.4, -0.2) is 28.1 Å². The Balaban J connectivity index is 2.34. The molecule has 5 heteroatoms. The van der Waals surface area contributed by atoms with Gasteiger partial charge in [0.25, 0.3) is 0 Å². The zero-order valence-electron chi connectivity index (χ0n) is 5.56. The Morgan fingerprint density at radius 1 is 1.90 bits per heavy atom. The molecule has 0 atom stereocenters. The van der Waals surface area contributed by atoms with Gasteiger partial charge in [0.2, 0.25) is 6.33 Å². The lowest BCUT2D eigenvalue weighted by atomic mass is 10.7. The minimum absolute atomic E-state index is 0.584. The normalized spacial score (nSPS) is 10.5. The molecule has 10 heavy (non-hydrogen) atoms. The summed E-state index contributed by atoms with van der Waals surface area (Å²) in [6.07, 6.45) is 5.76. The van der Waals surface area contributed by atoms with Crippen LogP contribution in [0.1, 0.15) is 0 Å². The van der Waals surface area contributed by atoms with E-state index >= 15 is 0 Å². The molecule has 1 radical (unpaired) electrons. The number of nitrogens with zero attached hydrogens (tertiary/aromatic N) is 4. The predicted octanol–water partition coefficient (Wildman–Crippen LogP) is -0.290. The van der Waals surface area contributed by atoms with Crippen molar-refractivity contribution in [2.24, 2.45) is 5.16 Å². The molecule has 0 aliphatic carbocycles. The smallest absolute Gasteiger partial charge is 0.202 e. The highest BCUT2D eigenvalue weighted by atomic mass is 16.6. The number of hydrogen-bond donors (Lipinski definition) is 0. The van der Waals surface area contributed by atoms with Crippen molar-refractivity contribution < 1.29 is 4.84 Å². The summed E-state index contributed by atoms with van der Waals surface area (Å²) >= 11 is 0. The van der Waals surface area contributed by atoms with Gasteiger partial charge < -0.3 is 9.40 Å². The van der Waals surface area contributed by atoms with Crippen molar-refractivity contribution in [3.05, 3.63) is 12.7 Å². The second kappa shape index (κ2) is 3.60. The van der Waals surface area contributed by atoms with Crippen LogP contribution in [0.4, 0.5) is 0 Å². The van der Waals surface area contributed by atoms with Gasteiger partial charge in [-0.05, 0) is 0 Å². The molecule has 1 rings (SSSR count). The Morgan fingerprint density at radius 3 is 3.40 bits per heavy atom. The summed E-state index contributed by atoms with van der Waals surface area (Å²) in [6, 6.07) is 0. The molecule has 0 aliphatic rings. The molecule has 0 fully saturated rings. The van der Waals surface area contributed by atoms with E-state index in [0.29, 0.717) is 6.54 Å². The number of oxime groups is 1. The maximum Gasteiger partial charge on any atom is 0.202 e. The lowest BCUT2D eigenvalue weighted by Gasteiger charge is -1.89. The first-order valence-corrected chi connectivity index (χ1v) is 2.74. The van der Waals surface area contributed by atoms with Crippen LogP contribution in [-0.2, 0) is 11.4 Å². The summed E-state index contributed by atoms with van der Waals surface area (Å²) in [5, 5.41) is 10.6. The first-order chi connectivity index (χ1) is 4.93. The standard InChI is InChI=1S/C5H7N4O/c1-10-8-2-3-9-4-6-7-5-9/h2,4H,3H2,1H3. The Kier molecular flexibility index (Phi) is 2.42. The summed E-state index contributed by atoms with van der Waals surface area (Å²) in [4.78, 5) is 4.44. The lowest BCUT2D eigenvalue weighted by molar-refractivity contribution is 0.214. The summed E-state index contributed by atoms with van der Waals surface area (Å²) in [6.45, 7) is 0.584. The van der Waals surface area contributed by atoms with Gasteiger partial charge in [0.05, 0.1) is 12.8 Å². The van der Waals surface area contributed by atoms with Crippen molar-refractivity contribution in [1.29, 1.82) is 0 Å². The highest BCUT2D eigenvalue weighted by Crippen LogP contribution is 1.77. The SMILES string of the molecule is CON=CCn1[c]nnc1. The highest BCUT2D eigenvalue weighted by Gasteiger charge is 1.85. The third-order valence-corrected chi connectivity index (χ3v) is 0.880. The van der Waals surface area contributed by atoms with Crippen molar-refractivity contribution in [2.75, 3.05) is 7.11 Å². The molecule has 0 aromatic carbocycles. The van der Waals surface area contributed by atoms with Crippen LogP contribution in [0.3, 0.4) is 0 Å². The Hall–Kier alpha value is -1.39. The molecule has 0 amide bonds. The summed E-state index contributed by atoms with van der Waals surface area (Å²) in [5.74, 6) is 0. The maximum atomic E-state index is 4.44. The number of aromatic nitrogens is 3. The van der Waals surface area contributed by atoms with Crippen LogP contribution in [0.5, 0.6) is 0 Å². The fourth-order valence-corrected chi connectivity index (χ4v) is 0.481. The zero-order valence-corrected chi connectivity index (χ0v) is 5.56. The molecule has 1 aromatic rings. The summed E-state index contributed by atoms with van der Waals surface area (Å²) in [7, 11) is 1.49. The van der Waals surface area contributed by atoms with E-state index in [1.807, 2.05) is 0 Å². The summed E-state index contributed by atoms with van der Waals surface area (Å²) in [5.41, 5.74) is 0. The van der Waals surface area contributed by atoms with Crippen molar-refractivity contribution in [1.82, 2.24) is 14.8 Å². The third-order valence-electron chi connectivity index (χ3n) is 0.880. The van der Waals surface area contributed by atoms with Crippen LogP contribution in [0.15, 0.2) is 11.5 Å². The molecule has 0 unspecified atom stereocenters. The maximum absolute atomic E-state index is 4.44. The van der Waals surface area contributed by atoms with Crippen molar-refractivity contribution >= 4 is 6.21 Å². The second-order valence-corrected chi connectivity index (χ2v) is 1.55. The van der Waals surface area contributed by atoms with Gasteiger partial charge in [-0.15, -0.1) is 10.2 Å². The zero-order chi connectivity index (χ0) is 7.23. The van der Waals surface area contributed by atoms with Gasteiger partial charge in [-0.25, -0.2) is 0 Å². The first-order valence-electron chi connectivity index (χ1n) is 2.74. The van der Waals surface area contributed by atoms with Crippen molar-refractivity contribution in [3.63, 3.8) is 0 Å². The predicted molar refractivity (Wildman–Crippen MR) is 34.4 cm³/mol. The molecule has 5 nitrogen and oxygen atoms in total. The van der Waals surface area contributed by atoms with Gasteiger partial charge >= 0.3 is 0 Å². The molecule has 0 spiro atoms. The molecular weight excluding hydrogens is 132 g/mol. The van der Waals surface area contributed by atoms with E-state index in [2.05, 4.69) is 26.5 Å². The van der Waals surface area contributed by atoms with Gasteiger partial charge in [0.1, 0.15) is 13.4 Å². The lowest BCUT2D eigenvalue weighted by Crippen LogP contribution is -1.95. The average molecular weight is 139 g/mol. The van der Waals surface area contributed by atoms with Crippen molar-refractivity contribution in [3.8, 4) is 0 Å². The van der Waals surface area contributed by atoms with Crippen LogP contribution in [0.2, 0.25) is 0 Å². The van der Waals surface area contributed by atoms with Crippen molar-refractivity contribution in [2.45, 2.75) is 6.54 Å². The van der Waals surface area contributed by atoms with Crippen LogP contribution in [0.25, 0.3) is 0 Å². The Morgan fingerprint density at radius 2 is 2.80 bits per heavy atom. The first kappa shape index (κ1) is 6.73. The highest BCUT2D eigenvalue weighted by molar-refractivity contribution is 5.55. The van der Waals surface area contributed by atoms with Crippen LogP contribution in [0, 0.1) is 6.33 Å². The van der Waals surface area contributed by atoms with E-state index in [4.69, 9.17) is 0 Å². The average Bonchev–Trinajstić information content (AvgIpc) is 2.41. The monoisotopic (exact) mass is 139 g/mol. The molecule has 1 heterocycles. The minimum Gasteiger partial charge on any atom is -0.399 e. The quantitative estimate of drug-likeness (QED) is 0.427. The Bertz CT molecular complexity index is 193.